The van der Waals surface area contributed by atoms with Crippen LogP contribution in [-0.4, -0.2) is 67.8 Å². The van der Waals surface area contributed by atoms with E-state index in [4.69, 9.17) is 14.2 Å². The first kappa shape index (κ1) is 20.4. The van der Waals surface area contributed by atoms with Gasteiger partial charge in [-0.25, -0.2) is 0 Å². The predicted octanol–water partition coefficient (Wildman–Crippen LogP) is 1.57. The molecule has 0 saturated carbocycles. The van der Waals surface area contributed by atoms with Crippen molar-refractivity contribution in [2.24, 2.45) is 5.41 Å². The fraction of sp³-hybridized carbons (Fsp3) is 0.529. The topological polar surface area (TPSA) is 128 Å². The van der Waals surface area contributed by atoms with Gasteiger partial charge in [0.15, 0.2) is 11.5 Å². The van der Waals surface area contributed by atoms with Gasteiger partial charge < -0.3 is 24.2 Å². The highest BCUT2D eigenvalue weighted by Gasteiger charge is 2.44. The highest BCUT2D eigenvalue weighted by Crippen LogP contribution is 2.37. The summed E-state index contributed by atoms with van der Waals surface area (Å²) < 4.78 is 15.2. The van der Waals surface area contributed by atoms with Crippen molar-refractivity contribution in [1.29, 1.82) is 0 Å². The molecule has 0 spiro atoms. The number of hydrogen-bond acceptors (Lipinski definition) is 7. The highest BCUT2D eigenvalue weighted by molar-refractivity contribution is 5.99. The summed E-state index contributed by atoms with van der Waals surface area (Å²) >= 11 is 0. The van der Waals surface area contributed by atoms with Gasteiger partial charge in [-0.15, -0.1) is 0 Å². The molecule has 2 rings (SSSR count). The molecule has 1 saturated heterocycles. The van der Waals surface area contributed by atoms with Crippen LogP contribution in [0.5, 0.6) is 11.5 Å². The van der Waals surface area contributed by atoms with Gasteiger partial charge in [0.2, 0.25) is 0 Å². The third kappa shape index (κ3) is 3.95. The second kappa shape index (κ2) is 8.21. The number of benzene rings is 1. The number of amides is 1. The van der Waals surface area contributed by atoms with Crippen molar-refractivity contribution in [2.45, 2.75) is 12.8 Å². The Bertz CT molecular complexity index is 747. The summed E-state index contributed by atoms with van der Waals surface area (Å²) in [6.45, 7) is 0.143. The van der Waals surface area contributed by atoms with E-state index in [0.717, 1.165) is 6.07 Å². The van der Waals surface area contributed by atoms with Gasteiger partial charge >= 0.3 is 5.97 Å². The number of carboxylic acid groups (broad SMARTS) is 1. The maximum atomic E-state index is 13.0. The molecule has 0 bridgehead atoms. The van der Waals surface area contributed by atoms with Gasteiger partial charge in [0.1, 0.15) is 11.0 Å². The number of carboxylic acids is 1. The van der Waals surface area contributed by atoms with Crippen molar-refractivity contribution in [3.05, 3.63) is 27.8 Å². The average molecular weight is 382 g/mol. The molecule has 1 fully saturated rings. The summed E-state index contributed by atoms with van der Waals surface area (Å²) in [5.74, 6) is -1.41. The van der Waals surface area contributed by atoms with Gasteiger partial charge in [-0.05, 0) is 12.8 Å². The Hall–Kier alpha value is -2.88. The molecular formula is C17H22N2O8. The van der Waals surface area contributed by atoms with Gasteiger partial charge in [0.25, 0.3) is 11.6 Å². The Kier molecular flexibility index (Phi) is 6.21. The lowest BCUT2D eigenvalue weighted by Gasteiger charge is -2.39. The molecule has 1 amide bonds. The first-order chi connectivity index (χ1) is 12.8. The normalized spacial score (nSPS) is 19.4. The van der Waals surface area contributed by atoms with Crippen LogP contribution in [0.4, 0.5) is 5.69 Å². The fourth-order valence-electron chi connectivity index (χ4n) is 3.30. The van der Waals surface area contributed by atoms with Crippen molar-refractivity contribution in [3.8, 4) is 11.5 Å². The lowest BCUT2D eigenvalue weighted by Crippen LogP contribution is -2.52. The van der Waals surface area contributed by atoms with Crippen LogP contribution in [0.25, 0.3) is 0 Å². The number of ether oxygens (including phenoxy) is 3. The summed E-state index contributed by atoms with van der Waals surface area (Å²) in [4.78, 5) is 36.8. The van der Waals surface area contributed by atoms with E-state index in [1.165, 1.54) is 32.3 Å². The van der Waals surface area contributed by atoms with E-state index >= 15 is 0 Å². The van der Waals surface area contributed by atoms with Crippen LogP contribution in [0.15, 0.2) is 12.1 Å². The summed E-state index contributed by atoms with van der Waals surface area (Å²) in [7, 11) is 4.08. The van der Waals surface area contributed by atoms with Crippen LogP contribution in [0.2, 0.25) is 0 Å². The van der Waals surface area contributed by atoms with Crippen molar-refractivity contribution >= 4 is 17.6 Å². The fourth-order valence-corrected chi connectivity index (χ4v) is 3.30. The molecule has 0 aromatic heterocycles. The zero-order chi connectivity index (χ0) is 20.2. The number of hydrogen-bond donors (Lipinski definition) is 1. The Morgan fingerprint density at radius 3 is 2.41 bits per heavy atom. The van der Waals surface area contributed by atoms with E-state index < -0.39 is 27.9 Å². The van der Waals surface area contributed by atoms with Crippen LogP contribution in [0, 0.1) is 15.5 Å². The predicted molar refractivity (Wildman–Crippen MR) is 93.3 cm³/mol. The standard InChI is InChI=1S/C17H22N2O8/c1-25-10-17(16(21)22)5-4-6-18(9-17)15(20)11-7-13(26-2)14(27-3)8-12(11)19(23)24/h7-8H,4-6,9-10H2,1-3H3,(H,21,22). The molecule has 0 radical (unpaired) electrons. The molecule has 1 aliphatic rings. The zero-order valence-corrected chi connectivity index (χ0v) is 15.4. The molecule has 27 heavy (non-hydrogen) atoms. The molecule has 1 aromatic rings. The number of piperidine rings is 1. The third-order valence-corrected chi connectivity index (χ3v) is 4.67. The number of methoxy groups -OCH3 is 3. The lowest BCUT2D eigenvalue weighted by molar-refractivity contribution is -0.385. The maximum absolute atomic E-state index is 13.0. The lowest BCUT2D eigenvalue weighted by atomic mass is 9.80. The first-order valence-corrected chi connectivity index (χ1v) is 8.21. The minimum Gasteiger partial charge on any atom is -0.493 e. The summed E-state index contributed by atoms with van der Waals surface area (Å²) in [6, 6.07) is 2.36. The Morgan fingerprint density at radius 2 is 1.89 bits per heavy atom. The number of aliphatic carboxylic acids is 1. The van der Waals surface area contributed by atoms with Crippen LogP contribution < -0.4 is 9.47 Å². The Morgan fingerprint density at radius 1 is 1.26 bits per heavy atom. The van der Waals surface area contributed by atoms with Gasteiger partial charge in [-0.3, -0.25) is 19.7 Å². The van der Waals surface area contributed by atoms with Gasteiger partial charge in [0.05, 0.1) is 31.8 Å². The van der Waals surface area contributed by atoms with E-state index in [0.29, 0.717) is 19.4 Å². The van der Waals surface area contributed by atoms with Gasteiger partial charge in [-0.1, -0.05) is 0 Å². The van der Waals surface area contributed by atoms with Crippen molar-refractivity contribution < 1.29 is 33.8 Å². The summed E-state index contributed by atoms with van der Waals surface area (Å²) in [6.07, 6.45) is 0.802. The van der Waals surface area contributed by atoms with Crippen LogP contribution >= 0.6 is 0 Å². The van der Waals surface area contributed by atoms with E-state index in [2.05, 4.69) is 0 Å². The number of nitro benzene ring substituents is 1. The largest absolute Gasteiger partial charge is 0.493 e. The van der Waals surface area contributed by atoms with E-state index in [1.807, 2.05) is 0 Å². The van der Waals surface area contributed by atoms with E-state index in [-0.39, 0.29) is 30.2 Å². The van der Waals surface area contributed by atoms with Crippen molar-refractivity contribution in [3.63, 3.8) is 0 Å². The van der Waals surface area contributed by atoms with E-state index in [9.17, 15) is 24.8 Å². The molecule has 1 N–H and O–H groups in total. The summed E-state index contributed by atoms with van der Waals surface area (Å²) in [5, 5.41) is 21.1. The molecule has 1 aromatic carbocycles. The van der Waals surface area contributed by atoms with E-state index in [1.54, 1.807) is 0 Å². The zero-order valence-electron chi connectivity index (χ0n) is 15.4. The number of nitrogens with zero attached hydrogens (tertiary/aromatic N) is 2. The first-order valence-electron chi connectivity index (χ1n) is 8.21. The van der Waals surface area contributed by atoms with Gasteiger partial charge in [-0.2, -0.15) is 0 Å². The van der Waals surface area contributed by atoms with Gasteiger partial charge in [0, 0.05) is 26.3 Å². The minimum atomic E-state index is -1.24. The number of nitro groups is 1. The molecule has 1 heterocycles. The molecule has 1 atom stereocenters. The molecule has 10 nitrogen and oxygen atoms in total. The molecule has 0 aliphatic carbocycles. The maximum Gasteiger partial charge on any atom is 0.313 e. The number of carbonyl (C=O) groups is 2. The van der Waals surface area contributed by atoms with Crippen LogP contribution in [0.3, 0.4) is 0 Å². The van der Waals surface area contributed by atoms with Crippen LogP contribution in [-0.2, 0) is 9.53 Å². The molecule has 1 aliphatic heterocycles. The molecule has 148 valence electrons. The molecular weight excluding hydrogens is 360 g/mol. The minimum absolute atomic E-state index is 0.0554. The second-order valence-corrected chi connectivity index (χ2v) is 6.33. The average Bonchev–Trinajstić information content (AvgIpc) is 2.66. The highest BCUT2D eigenvalue weighted by atomic mass is 16.6. The number of rotatable bonds is 7. The molecule has 10 heteroatoms. The van der Waals surface area contributed by atoms with Crippen LogP contribution in [0.1, 0.15) is 23.2 Å². The smallest absolute Gasteiger partial charge is 0.313 e. The van der Waals surface area contributed by atoms with Crippen molar-refractivity contribution in [2.75, 3.05) is 41.0 Å². The molecule has 1 unspecified atom stereocenters. The Balaban J connectivity index is 2.44. The van der Waals surface area contributed by atoms with Crippen molar-refractivity contribution in [1.82, 2.24) is 4.90 Å². The quantitative estimate of drug-likeness (QED) is 0.556. The Labute approximate surface area is 155 Å². The third-order valence-electron chi connectivity index (χ3n) is 4.67. The number of likely N-dealkylation sites (tertiary alicyclic amines) is 1. The second-order valence-electron chi connectivity index (χ2n) is 6.33. The monoisotopic (exact) mass is 382 g/mol. The number of carbonyl (C=O) groups excluding carboxylic acids is 1. The summed E-state index contributed by atoms with van der Waals surface area (Å²) in [5.41, 5.74) is -1.86. The SMILES string of the molecule is COCC1(C(=O)O)CCCN(C(=O)c2cc(OC)c(OC)cc2[N+](=O)[O-])C1.